The molecule has 2 atom stereocenters. The summed E-state index contributed by atoms with van der Waals surface area (Å²) in [5.74, 6) is -0.890. The van der Waals surface area contributed by atoms with Crippen LogP contribution >= 0.6 is 0 Å². The number of halogens is 1. The van der Waals surface area contributed by atoms with Crippen molar-refractivity contribution in [3.63, 3.8) is 0 Å². The van der Waals surface area contributed by atoms with Gasteiger partial charge < -0.3 is 15.1 Å². The van der Waals surface area contributed by atoms with E-state index in [9.17, 15) is 15.0 Å². The zero-order chi connectivity index (χ0) is 22.9. The topological polar surface area (TPSA) is 60.8 Å². The molecule has 0 radical (unpaired) electrons. The Morgan fingerprint density at radius 1 is 0.909 bits per heavy atom. The van der Waals surface area contributed by atoms with Crippen LogP contribution in [-0.2, 0) is 11.2 Å². The average molecular weight is 446 g/mol. The predicted molar refractivity (Wildman–Crippen MR) is 126 cm³/mol. The van der Waals surface area contributed by atoms with Crippen molar-refractivity contribution in [3.8, 4) is 5.75 Å². The number of rotatable bonds is 4. The van der Waals surface area contributed by atoms with Gasteiger partial charge in [-0.1, -0.05) is 42.5 Å². The fourth-order valence-electron chi connectivity index (χ4n) is 5.62. The summed E-state index contributed by atoms with van der Waals surface area (Å²) < 4.78 is 15.4. The molecular weight excluding hydrogens is 417 g/mol. The van der Waals surface area contributed by atoms with Gasteiger partial charge in [-0.15, -0.1) is 0 Å². The number of carboxylic acid groups (broad SMARTS) is 1. The van der Waals surface area contributed by atoms with Crippen LogP contribution in [0.25, 0.3) is 0 Å². The molecule has 1 heterocycles. The van der Waals surface area contributed by atoms with Gasteiger partial charge in [0.2, 0.25) is 0 Å². The molecule has 0 saturated carbocycles. The Morgan fingerprint density at radius 2 is 1.67 bits per heavy atom. The number of aryl methyl sites for hydroxylation is 1. The number of piperidine rings is 1. The number of benzene rings is 3. The third kappa shape index (κ3) is 4.20. The number of aromatic hydroxyl groups is 1. The van der Waals surface area contributed by atoms with Crippen LogP contribution in [0.5, 0.6) is 5.75 Å². The molecule has 0 spiro atoms. The van der Waals surface area contributed by atoms with Crippen molar-refractivity contribution >= 4 is 11.7 Å². The summed E-state index contributed by atoms with van der Waals surface area (Å²) in [5, 5.41) is 19.2. The van der Waals surface area contributed by atoms with Gasteiger partial charge in [0.15, 0.2) is 0 Å². The number of aliphatic carboxylic acids is 1. The van der Waals surface area contributed by atoms with E-state index in [1.54, 1.807) is 12.1 Å². The standard InChI is InChI=1S/C28H28FNO3/c29-25-17-21(7-11-26(25)30-14-12-19(13-15-30)28(32)33)27-23(18-4-2-1-3-5-18)9-6-20-16-22(31)8-10-24(20)27/h1-5,7-8,10-11,16-17,19,23,27,31H,6,9,12-15H2,(H,32,33)/t23-,27+/m1/s1. The van der Waals surface area contributed by atoms with Crippen LogP contribution in [0, 0.1) is 11.7 Å². The number of carbonyl (C=O) groups is 1. The van der Waals surface area contributed by atoms with Crippen LogP contribution in [0.4, 0.5) is 10.1 Å². The Hall–Kier alpha value is -3.34. The molecule has 33 heavy (non-hydrogen) atoms. The number of phenolic OH excluding ortho intramolecular Hbond substituents is 1. The molecule has 170 valence electrons. The van der Waals surface area contributed by atoms with E-state index in [0.717, 1.165) is 29.5 Å². The Kier molecular flexibility index (Phi) is 5.79. The number of phenols is 1. The normalized spacial score (nSPS) is 20.9. The fraction of sp³-hybridized carbons (Fsp3) is 0.321. The van der Waals surface area contributed by atoms with Crippen molar-refractivity contribution in [2.75, 3.05) is 18.0 Å². The van der Waals surface area contributed by atoms with Crippen molar-refractivity contribution in [3.05, 3.63) is 94.8 Å². The van der Waals surface area contributed by atoms with Gasteiger partial charge in [-0.2, -0.15) is 0 Å². The van der Waals surface area contributed by atoms with E-state index < -0.39 is 5.97 Å². The van der Waals surface area contributed by atoms with Crippen LogP contribution in [0.2, 0.25) is 0 Å². The molecular formula is C28H28FNO3. The molecule has 0 bridgehead atoms. The fourth-order valence-corrected chi connectivity index (χ4v) is 5.62. The molecule has 2 N–H and O–H groups in total. The highest BCUT2D eigenvalue weighted by Gasteiger charge is 2.33. The molecule has 0 amide bonds. The highest BCUT2D eigenvalue weighted by Crippen LogP contribution is 2.47. The molecule has 1 aliphatic carbocycles. The van der Waals surface area contributed by atoms with Crippen molar-refractivity contribution in [1.82, 2.24) is 0 Å². The Balaban J connectivity index is 1.49. The largest absolute Gasteiger partial charge is 0.508 e. The first-order valence-electron chi connectivity index (χ1n) is 11.6. The Labute approximate surface area is 193 Å². The molecule has 1 aliphatic heterocycles. The minimum absolute atomic E-state index is 0.00181. The van der Waals surface area contributed by atoms with Gasteiger partial charge in [-0.25, -0.2) is 4.39 Å². The lowest BCUT2D eigenvalue weighted by Gasteiger charge is -2.36. The average Bonchev–Trinajstić information content (AvgIpc) is 2.84. The first kappa shape index (κ1) is 21.5. The molecule has 1 fully saturated rings. The van der Waals surface area contributed by atoms with Crippen molar-refractivity contribution < 1.29 is 19.4 Å². The maximum atomic E-state index is 15.4. The smallest absolute Gasteiger partial charge is 0.306 e. The molecule has 5 heteroatoms. The second-order valence-electron chi connectivity index (χ2n) is 9.23. The molecule has 0 unspecified atom stereocenters. The summed E-state index contributed by atoms with van der Waals surface area (Å²) in [6, 6.07) is 21.4. The van der Waals surface area contributed by atoms with Gasteiger partial charge in [-0.05, 0) is 78.1 Å². The maximum Gasteiger partial charge on any atom is 0.306 e. The first-order valence-corrected chi connectivity index (χ1v) is 11.6. The third-order valence-electron chi connectivity index (χ3n) is 7.33. The summed E-state index contributed by atoms with van der Waals surface area (Å²) in [4.78, 5) is 13.2. The minimum atomic E-state index is -0.764. The van der Waals surface area contributed by atoms with Crippen LogP contribution in [0.3, 0.4) is 0 Å². The zero-order valence-corrected chi connectivity index (χ0v) is 18.5. The Morgan fingerprint density at radius 3 is 2.36 bits per heavy atom. The monoisotopic (exact) mass is 445 g/mol. The molecule has 4 nitrogen and oxygen atoms in total. The second kappa shape index (κ2) is 8.89. The lowest BCUT2D eigenvalue weighted by Crippen LogP contribution is -2.36. The van der Waals surface area contributed by atoms with E-state index in [2.05, 4.69) is 12.1 Å². The number of carboxylic acids is 1. The summed E-state index contributed by atoms with van der Waals surface area (Å²) in [5.41, 5.74) is 4.97. The van der Waals surface area contributed by atoms with E-state index in [4.69, 9.17) is 0 Å². The first-order chi connectivity index (χ1) is 16.0. The lowest BCUT2D eigenvalue weighted by molar-refractivity contribution is -0.142. The lowest BCUT2D eigenvalue weighted by atomic mass is 9.69. The molecule has 3 aromatic rings. The van der Waals surface area contributed by atoms with Crippen molar-refractivity contribution in [2.45, 2.75) is 37.5 Å². The number of fused-ring (bicyclic) bond motifs is 1. The van der Waals surface area contributed by atoms with Crippen molar-refractivity contribution in [1.29, 1.82) is 0 Å². The van der Waals surface area contributed by atoms with Crippen LogP contribution in [-0.4, -0.2) is 29.3 Å². The molecule has 3 aromatic carbocycles. The highest BCUT2D eigenvalue weighted by molar-refractivity contribution is 5.70. The van der Waals surface area contributed by atoms with Crippen LogP contribution in [0.1, 0.15) is 53.4 Å². The zero-order valence-electron chi connectivity index (χ0n) is 18.5. The predicted octanol–water partition coefficient (Wildman–Crippen LogP) is 5.69. The van der Waals surface area contributed by atoms with Crippen molar-refractivity contribution in [2.24, 2.45) is 5.92 Å². The quantitative estimate of drug-likeness (QED) is 0.541. The van der Waals surface area contributed by atoms with Gasteiger partial charge in [-0.3, -0.25) is 4.79 Å². The summed E-state index contributed by atoms with van der Waals surface area (Å²) >= 11 is 0. The van der Waals surface area contributed by atoms with E-state index in [1.165, 1.54) is 5.56 Å². The summed E-state index contributed by atoms with van der Waals surface area (Å²) in [6.45, 7) is 1.09. The van der Waals surface area contributed by atoms with Gasteiger partial charge in [0.1, 0.15) is 11.6 Å². The van der Waals surface area contributed by atoms with Gasteiger partial charge in [0.05, 0.1) is 11.6 Å². The minimum Gasteiger partial charge on any atom is -0.508 e. The summed E-state index contributed by atoms with van der Waals surface area (Å²) in [6.07, 6.45) is 2.87. The molecule has 1 saturated heterocycles. The number of nitrogens with zero attached hydrogens (tertiary/aromatic N) is 1. The summed E-state index contributed by atoms with van der Waals surface area (Å²) in [7, 11) is 0. The van der Waals surface area contributed by atoms with Gasteiger partial charge in [0, 0.05) is 19.0 Å². The van der Waals surface area contributed by atoms with E-state index in [0.29, 0.717) is 31.6 Å². The number of hydrogen-bond acceptors (Lipinski definition) is 3. The van der Waals surface area contributed by atoms with E-state index in [1.807, 2.05) is 47.4 Å². The number of hydrogen-bond donors (Lipinski definition) is 2. The van der Waals surface area contributed by atoms with E-state index >= 15 is 4.39 Å². The highest BCUT2D eigenvalue weighted by atomic mass is 19.1. The van der Waals surface area contributed by atoms with Gasteiger partial charge in [0.25, 0.3) is 0 Å². The molecule has 5 rings (SSSR count). The third-order valence-corrected chi connectivity index (χ3v) is 7.33. The maximum absolute atomic E-state index is 15.4. The van der Waals surface area contributed by atoms with E-state index in [-0.39, 0.29) is 29.3 Å². The SMILES string of the molecule is O=C(O)C1CCN(c2ccc([C@@H]3c4ccc(O)cc4CC[C@@H]3c3ccccc3)cc2F)CC1. The van der Waals surface area contributed by atoms with Crippen LogP contribution < -0.4 is 4.90 Å². The van der Waals surface area contributed by atoms with Gasteiger partial charge >= 0.3 is 5.97 Å². The molecule has 2 aliphatic rings. The molecule has 0 aromatic heterocycles. The number of anilines is 1. The second-order valence-corrected chi connectivity index (χ2v) is 9.23. The Bertz CT molecular complexity index is 1160. The van der Waals surface area contributed by atoms with Crippen LogP contribution in [0.15, 0.2) is 66.7 Å².